The van der Waals surface area contributed by atoms with Gasteiger partial charge in [0.2, 0.25) is 5.91 Å². The van der Waals surface area contributed by atoms with E-state index >= 15 is 0 Å². The first-order chi connectivity index (χ1) is 10.4. The summed E-state index contributed by atoms with van der Waals surface area (Å²) in [7, 11) is 0. The number of rotatable bonds is 2. The molecule has 1 aromatic heterocycles. The van der Waals surface area contributed by atoms with Crippen molar-refractivity contribution < 1.29 is 22.7 Å². The normalized spacial score (nSPS) is 25.5. The van der Waals surface area contributed by atoms with E-state index in [-0.39, 0.29) is 30.5 Å². The number of likely N-dealkylation sites (N-methyl/N-ethyl adjacent to an activating group) is 1. The molecular formula is C13H15F3N4O2. The monoisotopic (exact) mass is 316 g/mol. The zero-order valence-electron chi connectivity index (χ0n) is 11.9. The number of anilines is 1. The number of carbonyl (C=O) groups excluding carboxylic acids is 1. The fourth-order valence-corrected chi connectivity index (χ4v) is 2.94. The van der Waals surface area contributed by atoms with E-state index in [9.17, 15) is 18.0 Å². The fourth-order valence-electron chi connectivity index (χ4n) is 2.94. The lowest BCUT2D eigenvalue weighted by Crippen LogP contribution is -2.53. The smallest absolute Gasteiger partial charge is 0.364 e. The van der Waals surface area contributed by atoms with Gasteiger partial charge in [0, 0.05) is 25.7 Å². The molecule has 0 N–H and O–H groups in total. The summed E-state index contributed by atoms with van der Waals surface area (Å²) in [5.41, 5.74) is -0.975. The SMILES string of the molecule is CCN1C(=O)CO[C@H]2CN(c3cc(C(F)(F)F)ncn3)C[C@@H]21. The van der Waals surface area contributed by atoms with E-state index in [1.165, 1.54) is 0 Å². The Labute approximate surface area is 124 Å². The van der Waals surface area contributed by atoms with Crippen LogP contribution in [0.25, 0.3) is 0 Å². The van der Waals surface area contributed by atoms with Crippen molar-refractivity contribution >= 4 is 11.7 Å². The molecule has 0 radical (unpaired) electrons. The van der Waals surface area contributed by atoms with Gasteiger partial charge in [0.1, 0.15) is 24.4 Å². The highest BCUT2D eigenvalue weighted by atomic mass is 19.4. The fraction of sp³-hybridized carbons (Fsp3) is 0.615. The van der Waals surface area contributed by atoms with Crippen molar-refractivity contribution in [2.24, 2.45) is 0 Å². The Kier molecular flexibility index (Phi) is 3.67. The van der Waals surface area contributed by atoms with Crippen molar-refractivity contribution in [3.05, 3.63) is 18.1 Å². The predicted octanol–water partition coefficient (Wildman–Crippen LogP) is 0.931. The van der Waals surface area contributed by atoms with Crippen LogP contribution in [0.3, 0.4) is 0 Å². The average molecular weight is 316 g/mol. The summed E-state index contributed by atoms with van der Waals surface area (Å²) in [6.07, 6.45) is -3.81. The Hall–Kier alpha value is -1.90. The largest absolute Gasteiger partial charge is 0.433 e. The van der Waals surface area contributed by atoms with Crippen molar-refractivity contribution in [3.8, 4) is 0 Å². The molecule has 3 heterocycles. The molecule has 0 aliphatic carbocycles. The maximum atomic E-state index is 12.7. The molecule has 22 heavy (non-hydrogen) atoms. The van der Waals surface area contributed by atoms with Gasteiger partial charge in [0.15, 0.2) is 0 Å². The van der Waals surface area contributed by atoms with Gasteiger partial charge >= 0.3 is 6.18 Å². The molecule has 2 saturated heterocycles. The van der Waals surface area contributed by atoms with Gasteiger partial charge in [-0.2, -0.15) is 13.2 Å². The molecule has 2 aliphatic heterocycles. The van der Waals surface area contributed by atoms with Crippen LogP contribution in [0.5, 0.6) is 0 Å². The Morgan fingerprint density at radius 1 is 1.36 bits per heavy atom. The third kappa shape index (κ3) is 2.60. The van der Waals surface area contributed by atoms with Gasteiger partial charge in [0.25, 0.3) is 0 Å². The molecule has 120 valence electrons. The van der Waals surface area contributed by atoms with Crippen LogP contribution < -0.4 is 4.90 Å². The minimum atomic E-state index is -4.51. The zero-order chi connectivity index (χ0) is 15.9. The number of ether oxygens (including phenoxy) is 1. The van der Waals surface area contributed by atoms with Crippen LogP contribution in [0.15, 0.2) is 12.4 Å². The number of halogens is 3. The van der Waals surface area contributed by atoms with Crippen LogP contribution >= 0.6 is 0 Å². The van der Waals surface area contributed by atoms with Crippen molar-refractivity contribution in [2.45, 2.75) is 25.2 Å². The minimum absolute atomic E-state index is 0.0143. The molecule has 0 unspecified atom stereocenters. The van der Waals surface area contributed by atoms with Gasteiger partial charge in [-0.15, -0.1) is 0 Å². The molecule has 6 nitrogen and oxygen atoms in total. The van der Waals surface area contributed by atoms with E-state index in [1.54, 1.807) is 9.80 Å². The Morgan fingerprint density at radius 3 is 2.82 bits per heavy atom. The first-order valence-electron chi connectivity index (χ1n) is 6.95. The van der Waals surface area contributed by atoms with Crippen molar-refractivity contribution in [1.82, 2.24) is 14.9 Å². The molecule has 0 bridgehead atoms. The average Bonchev–Trinajstić information content (AvgIpc) is 2.90. The predicted molar refractivity (Wildman–Crippen MR) is 70.2 cm³/mol. The van der Waals surface area contributed by atoms with Gasteiger partial charge in [0.05, 0.1) is 12.1 Å². The van der Waals surface area contributed by atoms with Crippen LogP contribution in [0, 0.1) is 0 Å². The Balaban J connectivity index is 1.82. The number of alkyl halides is 3. The number of nitrogens with zero attached hydrogens (tertiary/aromatic N) is 4. The summed E-state index contributed by atoms with van der Waals surface area (Å²) in [5.74, 6) is 0.105. The van der Waals surface area contributed by atoms with Crippen molar-refractivity contribution in [2.75, 3.05) is 31.1 Å². The number of amides is 1. The second-order valence-corrected chi connectivity index (χ2v) is 5.26. The summed E-state index contributed by atoms with van der Waals surface area (Å²) in [6.45, 7) is 3.24. The topological polar surface area (TPSA) is 58.6 Å². The van der Waals surface area contributed by atoms with E-state index in [2.05, 4.69) is 9.97 Å². The van der Waals surface area contributed by atoms with E-state index in [0.717, 1.165) is 12.4 Å². The highest BCUT2D eigenvalue weighted by Gasteiger charge is 2.43. The van der Waals surface area contributed by atoms with E-state index in [4.69, 9.17) is 4.74 Å². The quantitative estimate of drug-likeness (QED) is 0.812. The lowest BCUT2D eigenvalue weighted by atomic mass is 10.1. The van der Waals surface area contributed by atoms with Crippen LogP contribution in [-0.4, -0.2) is 59.2 Å². The van der Waals surface area contributed by atoms with Crippen LogP contribution in [0.2, 0.25) is 0 Å². The molecule has 1 amide bonds. The number of morpholine rings is 1. The summed E-state index contributed by atoms with van der Waals surface area (Å²) >= 11 is 0. The summed E-state index contributed by atoms with van der Waals surface area (Å²) in [6, 6.07) is 0.769. The van der Waals surface area contributed by atoms with E-state index in [1.807, 2.05) is 6.92 Å². The van der Waals surface area contributed by atoms with Crippen LogP contribution in [0.4, 0.5) is 19.0 Å². The molecule has 2 aliphatic rings. The number of aromatic nitrogens is 2. The molecule has 3 rings (SSSR count). The van der Waals surface area contributed by atoms with Crippen LogP contribution in [-0.2, 0) is 15.7 Å². The lowest BCUT2D eigenvalue weighted by molar-refractivity contribution is -0.152. The molecule has 0 aromatic carbocycles. The zero-order valence-corrected chi connectivity index (χ0v) is 11.9. The van der Waals surface area contributed by atoms with E-state index < -0.39 is 11.9 Å². The molecule has 0 spiro atoms. The van der Waals surface area contributed by atoms with Gasteiger partial charge in [-0.3, -0.25) is 4.79 Å². The number of hydrogen-bond donors (Lipinski definition) is 0. The van der Waals surface area contributed by atoms with Crippen molar-refractivity contribution in [3.63, 3.8) is 0 Å². The number of fused-ring (bicyclic) bond motifs is 1. The van der Waals surface area contributed by atoms with Gasteiger partial charge in [-0.05, 0) is 6.92 Å². The van der Waals surface area contributed by atoms with Crippen LogP contribution in [0.1, 0.15) is 12.6 Å². The van der Waals surface area contributed by atoms with Crippen molar-refractivity contribution in [1.29, 1.82) is 0 Å². The maximum Gasteiger partial charge on any atom is 0.433 e. The summed E-state index contributed by atoms with van der Waals surface area (Å²) in [4.78, 5) is 22.4. The Morgan fingerprint density at radius 2 is 2.14 bits per heavy atom. The third-order valence-electron chi connectivity index (χ3n) is 3.99. The first kappa shape index (κ1) is 15.0. The minimum Gasteiger partial charge on any atom is -0.364 e. The summed E-state index contributed by atoms with van der Waals surface area (Å²) < 4.78 is 43.7. The lowest BCUT2D eigenvalue weighted by Gasteiger charge is -2.35. The molecule has 2 atom stereocenters. The molecule has 1 aromatic rings. The third-order valence-corrected chi connectivity index (χ3v) is 3.99. The van der Waals surface area contributed by atoms with Gasteiger partial charge < -0.3 is 14.5 Å². The number of carbonyl (C=O) groups is 1. The molecular weight excluding hydrogens is 301 g/mol. The maximum absolute atomic E-state index is 12.7. The molecule has 0 saturated carbocycles. The first-order valence-corrected chi connectivity index (χ1v) is 6.95. The second-order valence-electron chi connectivity index (χ2n) is 5.26. The Bertz CT molecular complexity index is 581. The van der Waals surface area contributed by atoms with Gasteiger partial charge in [-0.25, -0.2) is 9.97 Å². The highest BCUT2D eigenvalue weighted by Crippen LogP contribution is 2.31. The number of hydrogen-bond acceptors (Lipinski definition) is 5. The molecule has 2 fully saturated rings. The second kappa shape index (κ2) is 5.38. The molecule has 9 heteroatoms. The van der Waals surface area contributed by atoms with Gasteiger partial charge in [-0.1, -0.05) is 0 Å². The van der Waals surface area contributed by atoms with E-state index in [0.29, 0.717) is 19.6 Å². The summed E-state index contributed by atoms with van der Waals surface area (Å²) in [5, 5.41) is 0. The highest BCUT2D eigenvalue weighted by molar-refractivity contribution is 5.79. The standard InChI is InChI=1S/C13H15F3N4O2/c1-2-20-8-4-19(5-9(8)22-6-12(20)21)11-3-10(13(14,15)16)17-7-18-11/h3,7-9H,2,4-6H2,1H3/t8-,9-/m0/s1.